The van der Waals surface area contributed by atoms with E-state index in [1.165, 1.54) is 0 Å². The summed E-state index contributed by atoms with van der Waals surface area (Å²) in [4.78, 5) is 26.8. The van der Waals surface area contributed by atoms with Crippen molar-refractivity contribution < 1.29 is 24.2 Å². The summed E-state index contributed by atoms with van der Waals surface area (Å²) in [7, 11) is 0. The smallest absolute Gasteiger partial charge is 0.251 e. The van der Waals surface area contributed by atoms with Crippen molar-refractivity contribution in [1.29, 1.82) is 0 Å². The number of hydrogen-bond acceptors (Lipinski definition) is 5. The van der Waals surface area contributed by atoms with E-state index in [2.05, 4.69) is 5.32 Å². The van der Waals surface area contributed by atoms with Gasteiger partial charge in [-0.3, -0.25) is 9.59 Å². The Kier molecular flexibility index (Phi) is 8.94. The number of aliphatic hydroxyl groups excluding tert-OH is 1. The second-order valence-electron chi connectivity index (χ2n) is 8.80. The van der Waals surface area contributed by atoms with Crippen molar-refractivity contribution in [2.24, 2.45) is 0 Å². The van der Waals surface area contributed by atoms with Crippen LogP contribution in [-0.4, -0.2) is 54.2 Å². The Balaban J connectivity index is 1.21. The highest BCUT2D eigenvalue weighted by Gasteiger charge is 2.24. The number of aliphatic hydroxyl groups is 1. The Morgan fingerprint density at radius 1 is 0.889 bits per heavy atom. The zero-order valence-electron chi connectivity index (χ0n) is 20.3. The van der Waals surface area contributed by atoms with Crippen LogP contribution in [0.4, 0.5) is 0 Å². The Morgan fingerprint density at radius 3 is 2.31 bits per heavy atom. The van der Waals surface area contributed by atoms with Gasteiger partial charge in [0, 0.05) is 38.0 Å². The molecule has 4 rings (SSSR count). The highest BCUT2D eigenvalue weighted by Crippen LogP contribution is 2.23. The number of benzene rings is 3. The number of likely N-dealkylation sites (tertiary alicyclic amines) is 1. The fourth-order valence-corrected chi connectivity index (χ4v) is 4.15. The second kappa shape index (κ2) is 12.7. The third-order valence-corrected chi connectivity index (χ3v) is 6.11. The summed E-state index contributed by atoms with van der Waals surface area (Å²) in [6.45, 7) is 1.88. The summed E-state index contributed by atoms with van der Waals surface area (Å²) in [6.07, 6.45) is 1.84. The van der Waals surface area contributed by atoms with Crippen molar-refractivity contribution in [3.8, 4) is 11.5 Å². The summed E-state index contributed by atoms with van der Waals surface area (Å²) in [6, 6.07) is 24.8. The van der Waals surface area contributed by atoms with E-state index in [0.29, 0.717) is 25.3 Å². The summed E-state index contributed by atoms with van der Waals surface area (Å²) >= 11 is 0. The second-order valence-corrected chi connectivity index (χ2v) is 8.80. The third-order valence-electron chi connectivity index (χ3n) is 6.11. The van der Waals surface area contributed by atoms with Gasteiger partial charge in [0.05, 0.1) is 13.0 Å². The lowest BCUT2D eigenvalue weighted by molar-refractivity contribution is -0.132. The number of nitrogens with one attached hydrogen (secondary N) is 1. The molecule has 0 spiro atoms. The molecule has 2 N–H and O–H groups in total. The van der Waals surface area contributed by atoms with Gasteiger partial charge in [-0.2, -0.15) is 0 Å². The number of carbonyl (C=O) groups excluding carboxylic acids is 2. The predicted octanol–water partition coefficient (Wildman–Crippen LogP) is 3.60. The molecule has 1 aliphatic heterocycles. The fourth-order valence-electron chi connectivity index (χ4n) is 4.15. The van der Waals surface area contributed by atoms with Crippen molar-refractivity contribution >= 4 is 11.8 Å². The topological polar surface area (TPSA) is 88.1 Å². The van der Waals surface area contributed by atoms with Crippen molar-refractivity contribution in [3.05, 3.63) is 95.6 Å². The number of hydrogen-bond donors (Lipinski definition) is 2. The number of nitrogens with zero attached hydrogens (tertiary/aromatic N) is 1. The average molecular weight is 489 g/mol. The van der Waals surface area contributed by atoms with Crippen LogP contribution in [0.2, 0.25) is 0 Å². The average Bonchev–Trinajstić information content (AvgIpc) is 2.92. The lowest BCUT2D eigenvalue weighted by atomic mass is 10.0. The van der Waals surface area contributed by atoms with E-state index >= 15 is 0 Å². The Morgan fingerprint density at radius 2 is 1.58 bits per heavy atom. The maximum atomic E-state index is 12.8. The molecule has 2 amide bonds. The number of ether oxygens (including phenoxy) is 2. The monoisotopic (exact) mass is 488 g/mol. The van der Waals surface area contributed by atoms with E-state index in [1.807, 2.05) is 65.6 Å². The quantitative estimate of drug-likeness (QED) is 0.455. The number of amides is 2. The number of rotatable bonds is 10. The van der Waals surface area contributed by atoms with Crippen molar-refractivity contribution in [2.45, 2.75) is 32.0 Å². The summed E-state index contributed by atoms with van der Waals surface area (Å²) in [5, 5.41) is 11.5. The standard InChI is InChI=1S/C29H32N2O5/c32-18-15-30-29(34)24-8-4-7-23(19-24)20-28(33)31-16-13-27(14-17-31)36-26-11-9-25(10-12-26)35-21-22-5-2-1-3-6-22/h1-12,19,27,32H,13-18,20-21H2,(H,30,34). The van der Waals surface area contributed by atoms with Gasteiger partial charge < -0.3 is 24.8 Å². The zero-order valence-corrected chi connectivity index (χ0v) is 20.3. The highest BCUT2D eigenvalue weighted by molar-refractivity contribution is 5.94. The zero-order chi connectivity index (χ0) is 25.2. The number of carbonyl (C=O) groups is 2. The largest absolute Gasteiger partial charge is 0.490 e. The maximum Gasteiger partial charge on any atom is 0.251 e. The van der Waals surface area contributed by atoms with E-state index in [4.69, 9.17) is 14.6 Å². The van der Waals surface area contributed by atoms with Crippen LogP contribution in [-0.2, 0) is 17.8 Å². The van der Waals surface area contributed by atoms with Crippen LogP contribution in [0.3, 0.4) is 0 Å². The third kappa shape index (κ3) is 7.33. The molecule has 0 atom stereocenters. The number of piperidine rings is 1. The highest BCUT2D eigenvalue weighted by atomic mass is 16.5. The SMILES string of the molecule is O=C(NCCO)c1cccc(CC(=O)N2CCC(Oc3ccc(OCc4ccccc4)cc3)CC2)c1. The van der Waals surface area contributed by atoms with E-state index in [0.717, 1.165) is 35.5 Å². The molecule has 3 aromatic rings. The van der Waals surface area contributed by atoms with Gasteiger partial charge in [0.1, 0.15) is 24.2 Å². The van der Waals surface area contributed by atoms with E-state index in [9.17, 15) is 9.59 Å². The first-order chi connectivity index (χ1) is 17.6. The Bertz CT molecular complexity index is 1130. The van der Waals surface area contributed by atoms with Gasteiger partial charge in [-0.25, -0.2) is 0 Å². The molecule has 0 radical (unpaired) electrons. The molecule has 0 saturated carbocycles. The van der Waals surface area contributed by atoms with Gasteiger partial charge in [0.25, 0.3) is 5.91 Å². The van der Waals surface area contributed by atoms with Crippen LogP contribution in [0.15, 0.2) is 78.9 Å². The molecule has 0 unspecified atom stereocenters. The molecule has 7 nitrogen and oxygen atoms in total. The summed E-state index contributed by atoms with van der Waals surface area (Å²) < 4.78 is 12.0. The van der Waals surface area contributed by atoms with Crippen LogP contribution in [0.1, 0.15) is 34.3 Å². The van der Waals surface area contributed by atoms with E-state index < -0.39 is 0 Å². The van der Waals surface area contributed by atoms with Crippen LogP contribution >= 0.6 is 0 Å². The summed E-state index contributed by atoms with van der Waals surface area (Å²) in [5.41, 5.74) is 2.40. The van der Waals surface area contributed by atoms with Gasteiger partial charge in [-0.1, -0.05) is 42.5 Å². The first kappa shape index (κ1) is 25.3. The van der Waals surface area contributed by atoms with Gasteiger partial charge in [0.15, 0.2) is 0 Å². The normalized spacial score (nSPS) is 13.8. The van der Waals surface area contributed by atoms with Crippen LogP contribution < -0.4 is 14.8 Å². The molecule has 188 valence electrons. The molecule has 7 heteroatoms. The van der Waals surface area contributed by atoms with Gasteiger partial charge >= 0.3 is 0 Å². The summed E-state index contributed by atoms with van der Waals surface area (Å²) in [5.74, 6) is 1.37. The first-order valence-corrected chi connectivity index (χ1v) is 12.3. The molecule has 0 aromatic heterocycles. The lowest BCUT2D eigenvalue weighted by Gasteiger charge is -2.32. The Hall–Kier alpha value is -3.84. The molecule has 1 saturated heterocycles. The molecule has 1 fully saturated rings. The minimum atomic E-state index is -0.257. The van der Waals surface area contributed by atoms with E-state index in [1.54, 1.807) is 18.2 Å². The lowest BCUT2D eigenvalue weighted by Crippen LogP contribution is -2.42. The van der Waals surface area contributed by atoms with Crippen LogP contribution in [0.25, 0.3) is 0 Å². The molecule has 0 aliphatic carbocycles. The van der Waals surface area contributed by atoms with Crippen molar-refractivity contribution in [1.82, 2.24) is 10.2 Å². The first-order valence-electron chi connectivity index (χ1n) is 12.3. The van der Waals surface area contributed by atoms with Crippen molar-refractivity contribution in [3.63, 3.8) is 0 Å². The minimum Gasteiger partial charge on any atom is -0.490 e. The fraction of sp³-hybridized carbons (Fsp3) is 0.310. The van der Waals surface area contributed by atoms with Gasteiger partial charge in [-0.15, -0.1) is 0 Å². The minimum absolute atomic E-state index is 0.0429. The molecule has 3 aromatic carbocycles. The van der Waals surface area contributed by atoms with Gasteiger partial charge in [-0.05, 0) is 47.5 Å². The molecule has 36 heavy (non-hydrogen) atoms. The molecular weight excluding hydrogens is 456 g/mol. The Labute approximate surface area is 211 Å². The van der Waals surface area contributed by atoms with Crippen LogP contribution in [0.5, 0.6) is 11.5 Å². The molecule has 1 aliphatic rings. The molecule has 1 heterocycles. The van der Waals surface area contributed by atoms with Gasteiger partial charge in [0.2, 0.25) is 5.91 Å². The predicted molar refractivity (Wildman–Crippen MR) is 137 cm³/mol. The van der Waals surface area contributed by atoms with Crippen molar-refractivity contribution in [2.75, 3.05) is 26.2 Å². The van der Waals surface area contributed by atoms with Crippen LogP contribution in [0, 0.1) is 0 Å². The van der Waals surface area contributed by atoms with E-state index in [-0.39, 0.29) is 37.5 Å². The molecule has 0 bridgehead atoms. The molecular formula is C29H32N2O5. The maximum absolute atomic E-state index is 12.8.